The second-order valence-electron chi connectivity index (χ2n) is 3.41. The quantitative estimate of drug-likeness (QED) is 0.580. The van der Waals surface area contributed by atoms with Crippen molar-refractivity contribution in [3.8, 4) is 0 Å². The molecule has 1 aliphatic heterocycles. The zero-order valence-corrected chi connectivity index (χ0v) is 7.79. The van der Waals surface area contributed by atoms with E-state index < -0.39 is 0 Å². The molecule has 0 spiro atoms. The number of hydrogen-bond acceptors (Lipinski definition) is 2. The van der Waals surface area contributed by atoms with Crippen molar-refractivity contribution < 1.29 is 4.79 Å². The zero-order valence-electron chi connectivity index (χ0n) is 7.79. The van der Waals surface area contributed by atoms with Gasteiger partial charge in [-0.1, -0.05) is 12.1 Å². The third kappa shape index (κ3) is 1.79. The number of amides is 2. The van der Waals surface area contributed by atoms with Crippen LogP contribution in [0.5, 0.6) is 0 Å². The topological polar surface area (TPSA) is 67.1 Å². The average Bonchev–Trinajstić information content (AvgIpc) is 2.18. The molecule has 1 aromatic carbocycles. The van der Waals surface area contributed by atoms with E-state index in [2.05, 4.69) is 10.6 Å². The molecule has 1 aliphatic rings. The second-order valence-corrected chi connectivity index (χ2v) is 3.41. The van der Waals surface area contributed by atoms with Crippen LogP contribution >= 0.6 is 0 Å². The fraction of sp³-hybridized carbons (Fsp3) is 0.300. The van der Waals surface area contributed by atoms with E-state index >= 15 is 0 Å². The van der Waals surface area contributed by atoms with Gasteiger partial charge in [-0.15, -0.1) is 0 Å². The van der Waals surface area contributed by atoms with Crippen molar-refractivity contribution in [2.45, 2.75) is 12.5 Å². The smallest absolute Gasteiger partial charge is 0.315 e. The van der Waals surface area contributed by atoms with E-state index in [1.807, 2.05) is 24.3 Å². The highest BCUT2D eigenvalue weighted by Crippen LogP contribution is 2.20. The molecule has 0 radical (unpaired) electrons. The van der Waals surface area contributed by atoms with Crippen molar-refractivity contribution >= 4 is 11.7 Å². The number of rotatable bonds is 1. The highest BCUT2D eigenvalue weighted by molar-refractivity contribution is 5.75. The van der Waals surface area contributed by atoms with Gasteiger partial charge in [0.05, 0.1) is 6.04 Å². The van der Waals surface area contributed by atoms with Gasteiger partial charge in [0.15, 0.2) is 0 Å². The van der Waals surface area contributed by atoms with E-state index in [0.717, 1.165) is 17.7 Å². The maximum absolute atomic E-state index is 11.1. The Hall–Kier alpha value is -1.71. The maximum atomic E-state index is 11.1. The number of urea groups is 1. The van der Waals surface area contributed by atoms with E-state index in [9.17, 15) is 4.79 Å². The summed E-state index contributed by atoms with van der Waals surface area (Å²) in [7, 11) is 0. The van der Waals surface area contributed by atoms with Crippen molar-refractivity contribution in [2.75, 3.05) is 12.3 Å². The first-order valence-corrected chi connectivity index (χ1v) is 4.65. The summed E-state index contributed by atoms with van der Waals surface area (Å²) in [5.74, 6) is 0. The van der Waals surface area contributed by atoms with Crippen LogP contribution in [0.1, 0.15) is 18.0 Å². The monoisotopic (exact) mass is 191 g/mol. The first-order chi connectivity index (χ1) is 6.75. The van der Waals surface area contributed by atoms with Gasteiger partial charge in [-0.2, -0.15) is 0 Å². The Morgan fingerprint density at radius 1 is 1.43 bits per heavy atom. The largest absolute Gasteiger partial charge is 0.399 e. The molecule has 0 saturated carbocycles. The molecule has 1 unspecified atom stereocenters. The molecule has 4 N–H and O–H groups in total. The first-order valence-electron chi connectivity index (χ1n) is 4.65. The number of anilines is 1. The van der Waals surface area contributed by atoms with Gasteiger partial charge in [-0.3, -0.25) is 0 Å². The Balaban J connectivity index is 2.17. The lowest BCUT2D eigenvalue weighted by molar-refractivity contribution is 0.229. The number of carbonyl (C=O) groups is 1. The predicted octanol–water partition coefficient (Wildman–Crippen LogP) is 1.01. The van der Waals surface area contributed by atoms with E-state index in [4.69, 9.17) is 5.73 Å². The highest BCUT2D eigenvalue weighted by atomic mass is 16.2. The van der Waals surface area contributed by atoms with Crippen molar-refractivity contribution in [1.82, 2.24) is 10.6 Å². The van der Waals surface area contributed by atoms with Crippen molar-refractivity contribution in [1.29, 1.82) is 0 Å². The molecule has 4 heteroatoms. The minimum absolute atomic E-state index is 0.0900. The van der Waals surface area contributed by atoms with Gasteiger partial charge < -0.3 is 16.4 Å². The van der Waals surface area contributed by atoms with Crippen LogP contribution in [-0.2, 0) is 0 Å². The van der Waals surface area contributed by atoms with Crippen LogP contribution in [-0.4, -0.2) is 12.6 Å². The zero-order chi connectivity index (χ0) is 9.97. The van der Waals surface area contributed by atoms with Crippen molar-refractivity contribution in [2.24, 2.45) is 0 Å². The molecule has 1 saturated heterocycles. The number of nitrogens with one attached hydrogen (secondary N) is 2. The molecule has 74 valence electrons. The lowest BCUT2D eigenvalue weighted by atomic mass is 10.0. The molecule has 1 atom stereocenters. The Morgan fingerprint density at radius 3 is 3.00 bits per heavy atom. The maximum Gasteiger partial charge on any atom is 0.315 e. The SMILES string of the molecule is Nc1cccc(C2CCNC(=O)N2)c1. The summed E-state index contributed by atoms with van der Waals surface area (Å²) in [5.41, 5.74) is 7.47. The predicted molar refractivity (Wildman–Crippen MR) is 54.7 cm³/mol. The molecule has 0 aromatic heterocycles. The fourth-order valence-corrected chi connectivity index (χ4v) is 1.64. The molecule has 1 heterocycles. The molecule has 14 heavy (non-hydrogen) atoms. The molecular formula is C10H13N3O. The molecular weight excluding hydrogens is 178 g/mol. The van der Waals surface area contributed by atoms with Gasteiger partial charge in [0, 0.05) is 12.2 Å². The third-order valence-electron chi connectivity index (χ3n) is 2.34. The van der Waals surface area contributed by atoms with Gasteiger partial charge in [-0.05, 0) is 24.1 Å². The molecule has 0 bridgehead atoms. The third-order valence-corrected chi connectivity index (χ3v) is 2.34. The summed E-state index contributed by atoms with van der Waals surface area (Å²) < 4.78 is 0. The number of hydrogen-bond donors (Lipinski definition) is 3. The van der Waals surface area contributed by atoms with Gasteiger partial charge in [0.2, 0.25) is 0 Å². The van der Waals surface area contributed by atoms with Gasteiger partial charge >= 0.3 is 6.03 Å². The number of nitrogens with two attached hydrogens (primary N) is 1. The summed E-state index contributed by atoms with van der Waals surface area (Å²) in [4.78, 5) is 11.1. The molecule has 2 rings (SSSR count). The van der Waals surface area contributed by atoms with E-state index in [0.29, 0.717) is 6.54 Å². The van der Waals surface area contributed by atoms with Crippen LogP contribution in [0.4, 0.5) is 10.5 Å². The van der Waals surface area contributed by atoms with E-state index in [1.54, 1.807) is 0 Å². The summed E-state index contributed by atoms with van der Waals surface area (Å²) >= 11 is 0. The highest BCUT2D eigenvalue weighted by Gasteiger charge is 2.18. The number of benzene rings is 1. The summed E-state index contributed by atoms with van der Waals surface area (Å²) in [6.45, 7) is 0.714. The van der Waals surface area contributed by atoms with E-state index in [-0.39, 0.29) is 12.1 Å². The van der Waals surface area contributed by atoms with Crippen LogP contribution in [0.3, 0.4) is 0 Å². The van der Waals surface area contributed by atoms with Crippen molar-refractivity contribution in [3.63, 3.8) is 0 Å². The molecule has 1 aromatic rings. The molecule has 2 amide bonds. The summed E-state index contributed by atoms with van der Waals surface area (Å²) in [6, 6.07) is 7.60. The number of nitrogen functional groups attached to an aromatic ring is 1. The van der Waals surface area contributed by atoms with Crippen molar-refractivity contribution in [3.05, 3.63) is 29.8 Å². The lowest BCUT2D eigenvalue weighted by Gasteiger charge is -2.24. The second kappa shape index (κ2) is 3.57. The Bertz CT molecular complexity index is 351. The summed E-state index contributed by atoms with van der Waals surface area (Å²) in [6.07, 6.45) is 0.898. The number of carbonyl (C=O) groups excluding carboxylic acids is 1. The Kier molecular flexibility index (Phi) is 2.26. The lowest BCUT2D eigenvalue weighted by Crippen LogP contribution is -2.44. The van der Waals surface area contributed by atoms with Gasteiger partial charge in [0.1, 0.15) is 0 Å². The minimum Gasteiger partial charge on any atom is -0.399 e. The van der Waals surface area contributed by atoms with Crippen LogP contribution in [0.25, 0.3) is 0 Å². The summed E-state index contributed by atoms with van der Waals surface area (Å²) in [5, 5.41) is 5.57. The van der Waals surface area contributed by atoms with Crippen LogP contribution < -0.4 is 16.4 Å². The van der Waals surface area contributed by atoms with Gasteiger partial charge in [-0.25, -0.2) is 4.79 Å². The molecule has 4 nitrogen and oxygen atoms in total. The average molecular weight is 191 g/mol. The minimum atomic E-state index is -0.108. The first kappa shape index (κ1) is 8.87. The van der Waals surface area contributed by atoms with E-state index in [1.165, 1.54) is 0 Å². The van der Waals surface area contributed by atoms with Gasteiger partial charge in [0.25, 0.3) is 0 Å². The standard InChI is InChI=1S/C10H13N3O/c11-8-3-1-2-7(6-8)9-4-5-12-10(14)13-9/h1-3,6,9H,4-5,11H2,(H2,12,13,14). The Labute approximate surface area is 82.5 Å². The molecule has 0 aliphatic carbocycles. The normalized spacial score (nSPS) is 21.1. The van der Waals surface area contributed by atoms with Crippen LogP contribution in [0.2, 0.25) is 0 Å². The van der Waals surface area contributed by atoms with Crippen LogP contribution in [0.15, 0.2) is 24.3 Å². The van der Waals surface area contributed by atoms with Crippen LogP contribution in [0, 0.1) is 0 Å². The fourth-order valence-electron chi connectivity index (χ4n) is 1.64. The molecule has 1 fully saturated rings. The Morgan fingerprint density at radius 2 is 2.29 bits per heavy atom.